The van der Waals surface area contributed by atoms with Crippen molar-refractivity contribution in [2.24, 2.45) is 0 Å². The molecule has 0 spiro atoms. The van der Waals surface area contributed by atoms with Crippen molar-refractivity contribution in [2.75, 3.05) is 0 Å². The fraction of sp³-hybridized carbons (Fsp3) is 0.158. The molecule has 0 unspecified atom stereocenters. The fourth-order valence-corrected chi connectivity index (χ4v) is 2.85. The van der Waals surface area contributed by atoms with Gasteiger partial charge in [-0.3, -0.25) is 0 Å². The molecule has 0 fully saturated rings. The molecule has 3 aromatic rings. The minimum atomic E-state index is -1.22. The van der Waals surface area contributed by atoms with E-state index in [1.54, 1.807) is 18.2 Å². The number of nitrogens with zero attached hydrogens (tertiary/aromatic N) is 1. The Labute approximate surface area is 197 Å². The largest absolute Gasteiger partial charge is 1.00 e. The zero-order chi connectivity index (χ0) is 17.3. The van der Waals surface area contributed by atoms with Gasteiger partial charge >= 0.3 is 51.4 Å². The number of carboxylic acid groups (broad SMARTS) is 1. The van der Waals surface area contributed by atoms with Crippen molar-refractivity contribution < 1.29 is 66.0 Å². The molecule has 0 atom stereocenters. The van der Waals surface area contributed by atoms with Crippen LogP contribution in [0, 0.1) is 0 Å². The number of aromatic nitrogens is 1. The molecule has 25 heavy (non-hydrogen) atoms. The molecule has 6 heteroatoms. The quantitative estimate of drug-likeness (QED) is 0.582. The Bertz CT molecular complexity index is 910. The first-order chi connectivity index (χ1) is 11.4. The first kappa shape index (κ1) is 20.5. The van der Waals surface area contributed by atoms with Crippen molar-refractivity contribution in [3.8, 4) is 17.0 Å². The number of hydrogen-bond donors (Lipinski definition) is 0. The van der Waals surface area contributed by atoms with Crippen LogP contribution in [-0.4, -0.2) is 17.1 Å². The maximum atomic E-state index is 11.5. The first-order valence-corrected chi connectivity index (χ1v) is 8.32. The Kier molecular flexibility index (Phi) is 7.19. The average Bonchev–Trinajstić information content (AvgIpc) is 2.54. The second-order valence-electron chi connectivity index (χ2n) is 5.69. The van der Waals surface area contributed by atoms with Crippen LogP contribution in [0.4, 0.5) is 0 Å². The number of hydrogen-bond acceptors (Lipinski definition) is 4. The van der Waals surface area contributed by atoms with E-state index in [0.717, 1.165) is 15.8 Å². The Morgan fingerprint density at radius 2 is 1.80 bits per heavy atom. The Balaban J connectivity index is 0.00000225. The van der Waals surface area contributed by atoms with Gasteiger partial charge in [0, 0.05) is 21.0 Å². The summed E-state index contributed by atoms with van der Waals surface area (Å²) in [4.78, 5) is 16.1. The number of pyridine rings is 1. The second-order valence-corrected chi connectivity index (χ2v) is 6.61. The summed E-state index contributed by atoms with van der Waals surface area (Å²) in [5.74, 6) is -0.458. The molecule has 0 aliphatic heterocycles. The van der Waals surface area contributed by atoms with Gasteiger partial charge in [-0.2, -0.15) is 0 Å². The van der Waals surface area contributed by atoms with Crippen LogP contribution in [0.1, 0.15) is 24.2 Å². The number of fused-ring (bicyclic) bond motifs is 1. The van der Waals surface area contributed by atoms with E-state index in [9.17, 15) is 9.90 Å². The summed E-state index contributed by atoms with van der Waals surface area (Å²) in [6.07, 6.45) is 0.0952. The van der Waals surface area contributed by atoms with Gasteiger partial charge in [0.25, 0.3) is 0 Å². The fourth-order valence-electron chi connectivity index (χ4n) is 2.49. The van der Waals surface area contributed by atoms with Gasteiger partial charge in [0.15, 0.2) is 0 Å². The van der Waals surface area contributed by atoms with Gasteiger partial charge in [0.05, 0.1) is 23.3 Å². The van der Waals surface area contributed by atoms with E-state index in [-0.39, 0.29) is 63.1 Å². The van der Waals surface area contributed by atoms with Crippen molar-refractivity contribution in [2.45, 2.75) is 20.0 Å². The molecule has 2 aromatic carbocycles. The molecule has 122 valence electrons. The molecule has 0 aliphatic rings. The molecule has 0 N–H and O–H groups in total. The van der Waals surface area contributed by atoms with Crippen molar-refractivity contribution in [3.05, 3.63) is 58.6 Å². The van der Waals surface area contributed by atoms with Crippen molar-refractivity contribution >= 4 is 32.8 Å². The number of halogens is 1. The minimum Gasteiger partial charge on any atom is -0.545 e. The van der Waals surface area contributed by atoms with Gasteiger partial charge in [0.1, 0.15) is 5.75 Å². The second kappa shape index (κ2) is 8.75. The van der Waals surface area contributed by atoms with Crippen molar-refractivity contribution in [1.82, 2.24) is 4.98 Å². The number of rotatable bonds is 4. The predicted molar refractivity (Wildman–Crippen MR) is 95.0 cm³/mol. The molecule has 0 radical (unpaired) electrons. The summed E-state index contributed by atoms with van der Waals surface area (Å²) in [5.41, 5.74) is 2.13. The summed E-state index contributed by atoms with van der Waals surface area (Å²) in [5, 5.41) is 12.1. The summed E-state index contributed by atoms with van der Waals surface area (Å²) in [6.45, 7) is 3.92. The van der Waals surface area contributed by atoms with Gasteiger partial charge in [-0.05, 0) is 62.4 Å². The monoisotopic (exact) mass is 423 g/mol. The van der Waals surface area contributed by atoms with Crippen LogP contribution in [-0.2, 0) is 0 Å². The summed E-state index contributed by atoms with van der Waals surface area (Å²) >= 11 is 3.35. The average molecular weight is 424 g/mol. The van der Waals surface area contributed by atoms with E-state index in [4.69, 9.17) is 4.74 Å². The standard InChI is InChI=1S/C19H16BrNO3.K/c1-11(2)24-14-6-3-12(4-7-14)18-10-16(19(22)23)15-9-13(20)5-8-17(15)21-18;/h3-11H,1-2H3,(H,22,23);/q;+1/p-1. The number of carbonyl (C=O) groups is 1. The van der Waals surface area contributed by atoms with Crippen LogP contribution < -0.4 is 61.2 Å². The summed E-state index contributed by atoms with van der Waals surface area (Å²) in [7, 11) is 0. The predicted octanol–water partition coefficient (Wildman–Crippen LogP) is 0.819. The molecule has 0 aliphatic carbocycles. The maximum absolute atomic E-state index is 11.5. The van der Waals surface area contributed by atoms with Crippen LogP contribution in [0.2, 0.25) is 0 Å². The molecule has 1 aromatic heterocycles. The third kappa shape index (κ3) is 4.90. The van der Waals surface area contributed by atoms with Gasteiger partial charge in [0.2, 0.25) is 0 Å². The molecule has 1 heterocycles. The van der Waals surface area contributed by atoms with Crippen LogP contribution in [0.15, 0.2) is 53.0 Å². The Morgan fingerprint density at radius 1 is 1.12 bits per heavy atom. The Hall–Kier alpha value is -0.764. The van der Waals surface area contributed by atoms with Crippen LogP contribution in [0.25, 0.3) is 22.2 Å². The van der Waals surface area contributed by atoms with Crippen molar-refractivity contribution in [3.63, 3.8) is 0 Å². The normalized spacial score (nSPS) is 10.6. The minimum absolute atomic E-state index is 0. The van der Waals surface area contributed by atoms with E-state index >= 15 is 0 Å². The van der Waals surface area contributed by atoms with Crippen LogP contribution in [0.3, 0.4) is 0 Å². The van der Waals surface area contributed by atoms with E-state index < -0.39 is 5.97 Å². The number of aromatic carboxylic acids is 1. The number of carboxylic acids is 1. The molecular formula is C19H15BrKNO3. The first-order valence-electron chi connectivity index (χ1n) is 7.53. The summed E-state index contributed by atoms with van der Waals surface area (Å²) < 4.78 is 6.41. The number of carbonyl (C=O) groups excluding carboxylic acids is 1. The molecule has 0 saturated heterocycles. The van der Waals surface area contributed by atoms with Crippen molar-refractivity contribution in [1.29, 1.82) is 0 Å². The maximum Gasteiger partial charge on any atom is 1.00 e. The SMILES string of the molecule is CC(C)Oc1ccc(-c2cc(C(=O)[O-])c3cc(Br)ccc3n2)cc1.[K+]. The zero-order valence-electron chi connectivity index (χ0n) is 14.2. The molecule has 0 bridgehead atoms. The van der Waals surface area contributed by atoms with Gasteiger partial charge in [-0.15, -0.1) is 0 Å². The third-order valence-corrected chi connectivity index (χ3v) is 4.01. The topological polar surface area (TPSA) is 62.2 Å². The van der Waals surface area contributed by atoms with Crippen LogP contribution >= 0.6 is 15.9 Å². The molecular weight excluding hydrogens is 409 g/mol. The van der Waals surface area contributed by atoms with Crippen LogP contribution in [0.5, 0.6) is 5.75 Å². The molecule has 4 nitrogen and oxygen atoms in total. The Morgan fingerprint density at radius 3 is 2.40 bits per heavy atom. The number of ether oxygens (including phenoxy) is 1. The van der Waals surface area contributed by atoms with E-state index in [1.807, 2.05) is 44.2 Å². The van der Waals surface area contributed by atoms with E-state index in [0.29, 0.717) is 16.6 Å². The molecule has 0 saturated carbocycles. The van der Waals surface area contributed by atoms with E-state index in [2.05, 4.69) is 20.9 Å². The zero-order valence-corrected chi connectivity index (χ0v) is 19.0. The smallest absolute Gasteiger partial charge is 0.545 e. The molecule has 0 amide bonds. The number of benzene rings is 2. The molecule has 3 rings (SSSR count). The van der Waals surface area contributed by atoms with Gasteiger partial charge in [-0.1, -0.05) is 15.9 Å². The van der Waals surface area contributed by atoms with Gasteiger partial charge < -0.3 is 14.6 Å². The summed E-state index contributed by atoms with van der Waals surface area (Å²) in [6, 6.07) is 14.3. The van der Waals surface area contributed by atoms with Gasteiger partial charge in [-0.25, -0.2) is 4.98 Å². The van der Waals surface area contributed by atoms with E-state index in [1.165, 1.54) is 0 Å². The third-order valence-electron chi connectivity index (χ3n) is 3.51.